The lowest BCUT2D eigenvalue weighted by molar-refractivity contribution is 0.104. The fraction of sp³-hybridized carbons (Fsp3) is 0. The minimum atomic E-state index is -0.285. The number of halogens is 2. The maximum Gasteiger partial charge on any atom is 0.185 e. The molecule has 0 aliphatic rings. The predicted molar refractivity (Wildman–Crippen MR) is 108 cm³/mol. The minimum Gasteiger partial charge on any atom is -0.289 e. The van der Waals surface area contributed by atoms with Crippen molar-refractivity contribution in [2.45, 2.75) is 0 Å². The molecule has 0 unspecified atom stereocenters. The van der Waals surface area contributed by atoms with Crippen LogP contribution in [0.15, 0.2) is 88.3 Å². The summed E-state index contributed by atoms with van der Waals surface area (Å²) in [5.41, 5.74) is 2.97. The Balaban J connectivity index is 1.72. The largest absolute Gasteiger partial charge is 0.289 e. The molecule has 26 heavy (non-hydrogen) atoms. The molecule has 0 aromatic heterocycles. The van der Waals surface area contributed by atoms with Gasteiger partial charge in [-0.05, 0) is 53.6 Å². The fourth-order valence-corrected chi connectivity index (χ4v) is 2.54. The van der Waals surface area contributed by atoms with Gasteiger partial charge in [0.05, 0.1) is 5.69 Å². The van der Waals surface area contributed by atoms with Crippen LogP contribution in [0.4, 0.5) is 10.1 Å². The molecule has 2 nitrogen and oxygen atoms in total. The summed E-state index contributed by atoms with van der Waals surface area (Å²) < 4.78 is 13.9. The van der Waals surface area contributed by atoms with E-state index in [0.29, 0.717) is 11.3 Å². The predicted octanol–water partition coefficient (Wildman–Crippen LogP) is 6.23. The van der Waals surface area contributed by atoms with E-state index in [4.69, 9.17) is 0 Å². The smallest absolute Gasteiger partial charge is 0.185 e. The molecule has 3 rings (SSSR count). The Kier molecular flexibility index (Phi) is 5.87. The van der Waals surface area contributed by atoms with Gasteiger partial charge in [0.2, 0.25) is 0 Å². The van der Waals surface area contributed by atoms with Crippen molar-refractivity contribution >= 4 is 39.7 Å². The summed E-state index contributed by atoms with van der Waals surface area (Å²) in [5, 5.41) is 0. The molecule has 0 saturated heterocycles. The molecule has 0 fully saturated rings. The topological polar surface area (TPSA) is 29.4 Å². The van der Waals surface area contributed by atoms with E-state index in [2.05, 4.69) is 20.9 Å². The molecule has 0 spiro atoms. The van der Waals surface area contributed by atoms with Crippen molar-refractivity contribution in [2.24, 2.45) is 4.99 Å². The van der Waals surface area contributed by atoms with Gasteiger partial charge in [0.15, 0.2) is 5.78 Å². The average molecular weight is 408 g/mol. The number of allylic oxidation sites excluding steroid dienone is 1. The lowest BCUT2D eigenvalue weighted by Crippen LogP contribution is -1.93. The third kappa shape index (κ3) is 5.07. The standard InChI is InChI=1S/C22H15BrFNO/c23-19-9-4-16(5-10-19)8-13-22(26)18-2-1-3-21(14-18)25-15-17-6-11-20(24)12-7-17/h1-15H/b13-8+,25-15?. The number of hydrogen-bond donors (Lipinski definition) is 0. The highest BCUT2D eigenvalue weighted by Gasteiger charge is 2.02. The second-order valence-corrected chi connectivity index (χ2v) is 6.52. The molecule has 128 valence electrons. The first-order chi connectivity index (χ1) is 12.6. The molecule has 3 aromatic rings. The monoisotopic (exact) mass is 407 g/mol. The lowest BCUT2D eigenvalue weighted by atomic mass is 10.1. The molecular weight excluding hydrogens is 393 g/mol. The van der Waals surface area contributed by atoms with Gasteiger partial charge in [-0.3, -0.25) is 9.79 Å². The number of rotatable bonds is 5. The van der Waals surface area contributed by atoms with Crippen LogP contribution in [0, 0.1) is 5.82 Å². The number of carbonyl (C=O) groups excluding carboxylic acids is 1. The van der Waals surface area contributed by atoms with Crippen molar-refractivity contribution in [1.29, 1.82) is 0 Å². The Morgan fingerprint density at radius 3 is 2.35 bits per heavy atom. The Bertz CT molecular complexity index is 960. The van der Waals surface area contributed by atoms with Crippen LogP contribution in [-0.2, 0) is 0 Å². The summed E-state index contributed by atoms with van der Waals surface area (Å²) in [6, 6.07) is 20.9. The van der Waals surface area contributed by atoms with Gasteiger partial charge in [-0.15, -0.1) is 0 Å². The van der Waals surface area contributed by atoms with Gasteiger partial charge in [0.1, 0.15) is 5.82 Å². The minimum absolute atomic E-state index is 0.0910. The summed E-state index contributed by atoms with van der Waals surface area (Å²) in [6.07, 6.45) is 4.97. The SMILES string of the molecule is O=C(/C=C/c1ccc(Br)cc1)c1cccc(N=Cc2ccc(F)cc2)c1. The first kappa shape index (κ1) is 18.0. The zero-order valence-electron chi connectivity index (χ0n) is 13.8. The van der Waals surface area contributed by atoms with Gasteiger partial charge < -0.3 is 0 Å². The van der Waals surface area contributed by atoms with Crippen molar-refractivity contribution in [2.75, 3.05) is 0 Å². The third-order valence-corrected chi connectivity index (χ3v) is 4.19. The number of benzene rings is 3. The van der Waals surface area contributed by atoms with Crippen LogP contribution >= 0.6 is 15.9 Å². The van der Waals surface area contributed by atoms with Crippen LogP contribution in [0.3, 0.4) is 0 Å². The first-order valence-electron chi connectivity index (χ1n) is 7.98. The Morgan fingerprint density at radius 2 is 1.62 bits per heavy atom. The van der Waals surface area contributed by atoms with E-state index in [1.165, 1.54) is 12.1 Å². The van der Waals surface area contributed by atoms with E-state index < -0.39 is 0 Å². The van der Waals surface area contributed by atoms with Gasteiger partial charge in [-0.1, -0.05) is 58.4 Å². The Morgan fingerprint density at radius 1 is 0.923 bits per heavy atom. The summed E-state index contributed by atoms with van der Waals surface area (Å²) in [7, 11) is 0. The Labute approximate surface area is 159 Å². The number of aliphatic imine (C=N–C) groups is 1. The zero-order chi connectivity index (χ0) is 18.4. The molecule has 4 heteroatoms. The second kappa shape index (κ2) is 8.50. The molecule has 0 aliphatic heterocycles. The summed E-state index contributed by atoms with van der Waals surface area (Å²) in [6.45, 7) is 0. The highest BCUT2D eigenvalue weighted by molar-refractivity contribution is 9.10. The van der Waals surface area contributed by atoms with Crippen molar-refractivity contribution in [3.63, 3.8) is 0 Å². The number of carbonyl (C=O) groups is 1. The van der Waals surface area contributed by atoms with Crippen LogP contribution in [0.1, 0.15) is 21.5 Å². The van der Waals surface area contributed by atoms with Crippen LogP contribution < -0.4 is 0 Å². The molecule has 0 atom stereocenters. The molecule has 3 aromatic carbocycles. The van der Waals surface area contributed by atoms with Crippen LogP contribution in [0.5, 0.6) is 0 Å². The highest BCUT2D eigenvalue weighted by Crippen LogP contribution is 2.16. The van der Waals surface area contributed by atoms with Crippen LogP contribution in [-0.4, -0.2) is 12.0 Å². The van der Waals surface area contributed by atoms with E-state index >= 15 is 0 Å². The fourth-order valence-electron chi connectivity index (χ4n) is 2.28. The van der Waals surface area contributed by atoms with E-state index in [0.717, 1.165) is 15.6 Å². The lowest BCUT2D eigenvalue weighted by Gasteiger charge is -1.99. The molecular formula is C22H15BrFNO. The number of hydrogen-bond acceptors (Lipinski definition) is 2. The van der Waals surface area contributed by atoms with E-state index in [1.807, 2.05) is 30.3 Å². The normalized spacial score (nSPS) is 11.3. The summed E-state index contributed by atoms with van der Waals surface area (Å²) in [5.74, 6) is -0.376. The quantitative estimate of drug-likeness (QED) is 0.279. The third-order valence-electron chi connectivity index (χ3n) is 3.66. The zero-order valence-corrected chi connectivity index (χ0v) is 15.4. The van der Waals surface area contributed by atoms with Gasteiger partial charge in [-0.25, -0.2) is 4.39 Å². The summed E-state index contributed by atoms with van der Waals surface area (Å²) >= 11 is 3.38. The Hall–Kier alpha value is -2.85. The van der Waals surface area contributed by atoms with Crippen LogP contribution in [0.2, 0.25) is 0 Å². The second-order valence-electron chi connectivity index (χ2n) is 5.61. The molecule has 0 aliphatic carbocycles. The van der Waals surface area contributed by atoms with Gasteiger partial charge in [0, 0.05) is 16.3 Å². The highest BCUT2D eigenvalue weighted by atomic mass is 79.9. The number of nitrogens with zero attached hydrogens (tertiary/aromatic N) is 1. The average Bonchev–Trinajstić information content (AvgIpc) is 2.67. The van der Waals surface area contributed by atoms with E-state index in [9.17, 15) is 9.18 Å². The maximum absolute atomic E-state index is 12.9. The van der Waals surface area contributed by atoms with Gasteiger partial charge in [0.25, 0.3) is 0 Å². The van der Waals surface area contributed by atoms with Crippen molar-refractivity contribution in [1.82, 2.24) is 0 Å². The molecule has 0 radical (unpaired) electrons. The number of ketones is 1. The van der Waals surface area contributed by atoms with Gasteiger partial charge in [-0.2, -0.15) is 0 Å². The van der Waals surface area contributed by atoms with E-state index in [-0.39, 0.29) is 11.6 Å². The van der Waals surface area contributed by atoms with Crippen molar-refractivity contribution in [3.05, 3.63) is 106 Å². The molecule has 0 N–H and O–H groups in total. The van der Waals surface area contributed by atoms with Crippen molar-refractivity contribution in [3.8, 4) is 0 Å². The molecule has 0 amide bonds. The summed E-state index contributed by atoms with van der Waals surface area (Å²) in [4.78, 5) is 16.7. The molecule has 0 bridgehead atoms. The maximum atomic E-state index is 12.9. The molecule has 0 saturated carbocycles. The van der Waals surface area contributed by atoms with E-state index in [1.54, 1.807) is 48.7 Å². The van der Waals surface area contributed by atoms with Gasteiger partial charge >= 0.3 is 0 Å². The van der Waals surface area contributed by atoms with Crippen LogP contribution in [0.25, 0.3) is 6.08 Å². The molecule has 0 heterocycles. The van der Waals surface area contributed by atoms with Crippen molar-refractivity contribution < 1.29 is 9.18 Å². The first-order valence-corrected chi connectivity index (χ1v) is 8.77.